The Morgan fingerprint density at radius 2 is 1.41 bits per heavy atom. The number of aromatic amines is 3. The molecule has 0 aromatic carbocycles. The van der Waals surface area contributed by atoms with E-state index in [4.69, 9.17) is 12.2 Å². The number of hydrogen-bond donors (Lipinski definition) is 7. The molecule has 0 saturated carbocycles. The monoisotopic (exact) mass is 616 g/mol. The number of allylic oxidation sites excluding steroid dienone is 1. The van der Waals surface area contributed by atoms with Crippen LogP contribution < -0.4 is 15.9 Å². The number of aromatic nitrogens is 3. The summed E-state index contributed by atoms with van der Waals surface area (Å²) in [6.07, 6.45) is 7.74. The standard InChI is InChI=1S/C33H36N4O6S/c1-6-20-16(2)26(36-33(20)43)13-24-17(3)21(7-9-30(38)39)27(34-24)15-28-22(8-10-31(40)41)18(4)25(35-28)14-29-23(11-12-44)19(5)32(42)37-29/h6,11-14,34-35,37,42H,1,7-10,15H2,2-5H3,(H,36,43)(H,38,39)(H,40,41)/b23-11+,26-13-,29-14-. The molecule has 4 rings (SSSR count). The van der Waals surface area contributed by atoms with Crippen LogP contribution in [0.5, 0.6) is 5.88 Å². The van der Waals surface area contributed by atoms with Crippen LogP contribution in [0.2, 0.25) is 0 Å². The van der Waals surface area contributed by atoms with Gasteiger partial charge in [0.05, 0.1) is 5.35 Å². The summed E-state index contributed by atoms with van der Waals surface area (Å²) in [4.78, 5) is 45.3. The van der Waals surface area contributed by atoms with Crippen LogP contribution in [0.3, 0.4) is 0 Å². The van der Waals surface area contributed by atoms with Crippen LogP contribution in [-0.4, -0.2) is 53.5 Å². The van der Waals surface area contributed by atoms with Crippen LogP contribution in [0.25, 0.3) is 18.2 Å². The predicted molar refractivity (Wildman–Crippen MR) is 173 cm³/mol. The molecule has 0 spiro atoms. The summed E-state index contributed by atoms with van der Waals surface area (Å²) in [5.74, 6) is -2.04. The van der Waals surface area contributed by atoms with E-state index < -0.39 is 11.9 Å². The fourth-order valence-electron chi connectivity index (χ4n) is 5.64. The molecule has 0 saturated heterocycles. The van der Waals surface area contributed by atoms with Crippen LogP contribution in [0.4, 0.5) is 0 Å². The second-order valence-corrected chi connectivity index (χ2v) is 11.1. The lowest BCUT2D eigenvalue weighted by Gasteiger charge is -2.07. The summed E-state index contributed by atoms with van der Waals surface area (Å²) >= 11 is 5.02. The van der Waals surface area contributed by atoms with E-state index >= 15 is 0 Å². The molecule has 0 atom stereocenters. The van der Waals surface area contributed by atoms with E-state index in [1.807, 2.05) is 32.9 Å². The van der Waals surface area contributed by atoms with E-state index in [0.717, 1.165) is 55.8 Å². The van der Waals surface area contributed by atoms with Gasteiger partial charge >= 0.3 is 11.9 Å². The number of aliphatic carboxylic acids is 2. The minimum atomic E-state index is -0.919. The van der Waals surface area contributed by atoms with Crippen LogP contribution in [-0.2, 0) is 33.6 Å². The van der Waals surface area contributed by atoms with Gasteiger partial charge in [-0.3, -0.25) is 14.4 Å². The van der Waals surface area contributed by atoms with Gasteiger partial charge in [-0.2, -0.15) is 0 Å². The average molecular weight is 617 g/mol. The van der Waals surface area contributed by atoms with Gasteiger partial charge in [0.1, 0.15) is 0 Å². The molecule has 3 aromatic rings. The molecular weight excluding hydrogens is 580 g/mol. The quantitative estimate of drug-likeness (QED) is 0.153. The number of hydrogen-bond acceptors (Lipinski definition) is 5. The number of rotatable bonds is 12. The van der Waals surface area contributed by atoms with Crippen molar-refractivity contribution in [2.75, 3.05) is 0 Å². The maximum Gasteiger partial charge on any atom is 0.303 e. The molecule has 44 heavy (non-hydrogen) atoms. The molecule has 0 radical (unpaired) electrons. The number of H-pyrrole nitrogens is 3. The minimum Gasteiger partial charge on any atom is -0.494 e. The highest BCUT2D eigenvalue weighted by Crippen LogP contribution is 2.30. The third-order valence-electron chi connectivity index (χ3n) is 8.16. The van der Waals surface area contributed by atoms with E-state index in [2.05, 4.69) is 26.8 Å². The van der Waals surface area contributed by atoms with Crippen molar-refractivity contribution in [2.24, 2.45) is 0 Å². The SMILES string of the molecule is C=CC1=C(C)/C(=C/c2[nH]c(Cc3[nH]c(/C=c4\[nH]c(O)c(C)\c4=C/C=S)c(C)c3CCC(=O)O)c(CCC(=O)O)c2C)NC1=O. The topological polar surface area (TPSA) is 171 Å². The number of carboxylic acids is 2. The second kappa shape index (κ2) is 13.2. The zero-order valence-electron chi connectivity index (χ0n) is 25.1. The summed E-state index contributed by atoms with van der Waals surface area (Å²) < 4.78 is 0. The zero-order chi connectivity index (χ0) is 32.3. The largest absolute Gasteiger partial charge is 0.494 e. The fraction of sp³-hybridized carbons (Fsp3) is 0.273. The van der Waals surface area contributed by atoms with Crippen molar-refractivity contribution in [1.82, 2.24) is 20.3 Å². The van der Waals surface area contributed by atoms with Crippen molar-refractivity contribution in [3.8, 4) is 5.88 Å². The van der Waals surface area contributed by atoms with E-state index in [1.54, 1.807) is 13.0 Å². The van der Waals surface area contributed by atoms with Gasteiger partial charge in [0.25, 0.3) is 5.91 Å². The molecule has 3 aromatic heterocycles. The lowest BCUT2D eigenvalue weighted by Crippen LogP contribution is -2.24. The molecular formula is C33H36N4O6S. The number of aromatic hydroxyl groups is 1. The predicted octanol–water partition coefficient (Wildman–Crippen LogP) is 3.51. The average Bonchev–Trinajstić information content (AvgIpc) is 3.60. The van der Waals surface area contributed by atoms with E-state index in [9.17, 15) is 29.7 Å². The van der Waals surface area contributed by atoms with Gasteiger partial charge in [-0.15, -0.1) is 0 Å². The van der Waals surface area contributed by atoms with Crippen molar-refractivity contribution in [3.63, 3.8) is 0 Å². The Labute approximate surface area is 259 Å². The molecule has 11 heteroatoms. The third-order valence-corrected chi connectivity index (χ3v) is 8.30. The summed E-state index contributed by atoms with van der Waals surface area (Å²) in [5, 5.41) is 34.9. The maximum absolute atomic E-state index is 12.4. The highest BCUT2D eigenvalue weighted by atomic mass is 32.1. The van der Waals surface area contributed by atoms with Gasteiger partial charge in [0, 0.05) is 69.5 Å². The van der Waals surface area contributed by atoms with Gasteiger partial charge in [0.2, 0.25) is 0 Å². The number of carbonyl (C=O) groups is 3. The van der Waals surface area contributed by atoms with Crippen molar-refractivity contribution in [2.45, 2.75) is 59.8 Å². The van der Waals surface area contributed by atoms with Crippen LogP contribution in [0.1, 0.15) is 70.4 Å². The number of nitrogens with one attached hydrogen (secondary N) is 4. The lowest BCUT2D eigenvalue weighted by molar-refractivity contribution is -0.138. The minimum absolute atomic E-state index is 0.0326. The first-order valence-corrected chi connectivity index (χ1v) is 14.6. The molecule has 10 nitrogen and oxygen atoms in total. The number of carbonyl (C=O) groups excluding carboxylic acids is 1. The van der Waals surface area contributed by atoms with Crippen molar-refractivity contribution < 1.29 is 29.7 Å². The second-order valence-electron chi connectivity index (χ2n) is 10.8. The van der Waals surface area contributed by atoms with Gasteiger partial charge in [-0.1, -0.05) is 24.9 Å². The zero-order valence-corrected chi connectivity index (χ0v) is 25.9. The van der Waals surface area contributed by atoms with Crippen LogP contribution in [0.15, 0.2) is 29.5 Å². The molecule has 1 aliphatic rings. The first-order chi connectivity index (χ1) is 20.9. The van der Waals surface area contributed by atoms with Crippen LogP contribution >= 0.6 is 12.2 Å². The van der Waals surface area contributed by atoms with Gasteiger partial charge < -0.3 is 35.6 Å². The maximum atomic E-state index is 12.4. The molecule has 7 N–H and O–H groups in total. The molecule has 0 fully saturated rings. The Balaban J connectivity index is 1.85. The first-order valence-electron chi connectivity index (χ1n) is 14.1. The number of carboxylic acid groups (broad SMARTS) is 2. The molecule has 0 unspecified atom stereocenters. The number of amides is 1. The Morgan fingerprint density at radius 3 is 1.89 bits per heavy atom. The molecule has 1 aliphatic heterocycles. The highest BCUT2D eigenvalue weighted by Gasteiger charge is 2.24. The van der Waals surface area contributed by atoms with E-state index in [-0.39, 0.29) is 37.5 Å². The molecule has 4 heterocycles. The summed E-state index contributed by atoms with van der Waals surface area (Å²) in [6, 6.07) is 0. The van der Waals surface area contributed by atoms with Gasteiger partial charge in [-0.05, 0) is 86.6 Å². The Bertz CT molecular complexity index is 1880. The van der Waals surface area contributed by atoms with Crippen molar-refractivity contribution in [3.05, 3.63) is 90.7 Å². The van der Waals surface area contributed by atoms with Gasteiger partial charge in [0.15, 0.2) is 5.88 Å². The summed E-state index contributed by atoms with van der Waals surface area (Å²) in [5.41, 5.74) is 9.03. The van der Waals surface area contributed by atoms with E-state index in [0.29, 0.717) is 28.6 Å². The Hall–Kier alpha value is -4.90. The van der Waals surface area contributed by atoms with Crippen LogP contribution in [0, 0.1) is 20.8 Å². The summed E-state index contributed by atoms with van der Waals surface area (Å²) in [7, 11) is 0. The lowest BCUT2D eigenvalue weighted by atomic mass is 9.98. The Kier molecular flexibility index (Phi) is 9.59. The molecule has 0 aliphatic carbocycles. The molecule has 0 bridgehead atoms. The van der Waals surface area contributed by atoms with Gasteiger partial charge in [-0.25, -0.2) is 0 Å². The van der Waals surface area contributed by atoms with Crippen molar-refractivity contribution in [1.29, 1.82) is 0 Å². The number of thiocarbonyl (C=S) groups is 1. The smallest absolute Gasteiger partial charge is 0.303 e. The fourth-order valence-corrected chi connectivity index (χ4v) is 5.78. The van der Waals surface area contributed by atoms with E-state index in [1.165, 1.54) is 11.4 Å². The molecule has 1 amide bonds. The Morgan fingerprint density at radius 1 is 0.864 bits per heavy atom. The third kappa shape index (κ3) is 6.52. The first kappa shape index (κ1) is 32.0. The highest BCUT2D eigenvalue weighted by molar-refractivity contribution is 7.79. The normalized spacial score (nSPS) is 15.0. The molecule has 230 valence electrons. The summed E-state index contributed by atoms with van der Waals surface area (Å²) in [6.45, 7) is 11.2. The van der Waals surface area contributed by atoms with Crippen molar-refractivity contribution >= 4 is 53.7 Å².